The van der Waals surface area contributed by atoms with Crippen LogP contribution in [-0.4, -0.2) is 33.5 Å². The molecular formula is C10H13N5O3. The van der Waals surface area contributed by atoms with Crippen LogP contribution < -0.4 is 16.4 Å². The summed E-state index contributed by atoms with van der Waals surface area (Å²) >= 11 is 0. The van der Waals surface area contributed by atoms with Crippen LogP contribution in [0.1, 0.15) is 23.3 Å². The van der Waals surface area contributed by atoms with E-state index in [1.807, 2.05) is 0 Å². The molecule has 4 N–H and O–H groups in total. The van der Waals surface area contributed by atoms with Crippen LogP contribution >= 0.6 is 0 Å². The van der Waals surface area contributed by atoms with Gasteiger partial charge >= 0.3 is 0 Å². The summed E-state index contributed by atoms with van der Waals surface area (Å²) in [6.07, 6.45) is 1.98. The SMILES string of the molecule is Cn1cc(N)c(C(=O)NC2CCC(=O)NC2=O)n1. The highest BCUT2D eigenvalue weighted by Crippen LogP contribution is 2.10. The van der Waals surface area contributed by atoms with Crippen LogP contribution in [0.4, 0.5) is 5.69 Å². The van der Waals surface area contributed by atoms with Crippen molar-refractivity contribution in [2.45, 2.75) is 18.9 Å². The largest absolute Gasteiger partial charge is 0.396 e. The fourth-order valence-corrected chi connectivity index (χ4v) is 1.74. The van der Waals surface area contributed by atoms with Crippen molar-refractivity contribution in [2.75, 3.05) is 5.73 Å². The molecule has 1 aromatic rings. The summed E-state index contributed by atoms with van der Waals surface area (Å²) in [4.78, 5) is 34.3. The van der Waals surface area contributed by atoms with E-state index in [0.717, 1.165) is 0 Å². The van der Waals surface area contributed by atoms with Gasteiger partial charge in [0.15, 0.2) is 5.69 Å². The number of amides is 3. The van der Waals surface area contributed by atoms with E-state index in [1.165, 1.54) is 10.9 Å². The first-order valence-corrected chi connectivity index (χ1v) is 5.41. The minimum atomic E-state index is -0.725. The number of nitrogens with two attached hydrogens (primary N) is 1. The van der Waals surface area contributed by atoms with E-state index in [4.69, 9.17) is 5.73 Å². The Hall–Kier alpha value is -2.38. The molecule has 1 saturated heterocycles. The van der Waals surface area contributed by atoms with Gasteiger partial charge in [-0.1, -0.05) is 0 Å². The zero-order chi connectivity index (χ0) is 13.3. The van der Waals surface area contributed by atoms with Crippen molar-refractivity contribution in [2.24, 2.45) is 7.05 Å². The predicted octanol–water partition coefficient (Wildman–Crippen LogP) is -1.46. The second kappa shape index (κ2) is 4.47. The standard InChI is InChI=1S/C10H13N5O3/c1-15-4-5(11)8(14-15)10(18)12-6-2-3-7(16)13-9(6)17/h4,6H,2-3,11H2,1H3,(H,12,18)(H,13,16,17). The summed E-state index contributed by atoms with van der Waals surface area (Å²) in [7, 11) is 1.64. The van der Waals surface area contributed by atoms with Crippen molar-refractivity contribution < 1.29 is 14.4 Å². The Morgan fingerprint density at radius 1 is 1.61 bits per heavy atom. The maximum absolute atomic E-state index is 11.8. The fourth-order valence-electron chi connectivity index (χ4n) is 1.74. The highest BCUT2D eigenvalue weighted by Gasteiger charge is 2.29. The Kier molecular flexibility index (Phi) is 3.00. The summed E-state index contributed by atoms with van der Waals surface area (Å²) in [5.41, 5.74) is 5.92. The number of nitrogen functional groups attached to an aromatic ring is 1. The molecule has 2 heterocycles. The summed E-state index contributed by atoms with van der Waals surface area (Å²) in [6.45, 7) is 0. The van der Waals surface area contributed by atoms with Crippen LogP contribution in [0.3, 0.4) is 0 Å². The average Bonchev–Trinajstić information content (AvgIpc) is 2.62. The quantitative estimate of drug-likeness (QED) is 0.555. The normalized spacial score (nSPS) is 19.5. The van der Waals surface area contributed by atoms with E-state index in [-0.39, 0.29) is 30.1 Å². The number of carbonyl (C=O) groups is 3. The molecule has 1 aliphatic rings. The second-order valence-corrected chi connectivity index (χ2v) is 4.08. The van der Waals surface area contributed by atoms with Gasteiger partial charge in [-0.05, 0) is 6.42 Å². The van der Waals surface area contributed by atoms with Crippen molar-refractivity contribution in [1.82, 2.24) is 20.4 Å². The Morgan fingerprint density at radius 2 is 2.33 bits per heavy atom. The molecule has 8 nitrogen and oxygen atoms in total. The second-order valence-electron chi connectivity index (χ2n) is 4.08. The maximum atomic E-state index is 11.8. The van der Waals surface area contributed by atoms with Crippen LogP contribution in [0.15, 0.2) is 6.20 Å². The van der Waals surface area contributed by atoms with Crippen LogP contribution in [0.2, 0.25) is 0 Å². The number of nitrogens with zero attached hydrogens (tertiary/aromatic N) is 2. The van der Waals surface area contributed by atoms with Gasteiger partial charge in [-0.3, -0.25) is 24.4 Å². The lowest BCUT2D eigenvalue weighted by Gasteiger charge is -2.21. The zero-order valence-corrected chi connectivity index (χ0v) is 9.77. The molecule has 1 atom stereocenters. The van der Waals surface area contributed by atoms with Gasteiger partial charge in [-0.15, -0.1) is 0 Å². The number of hydrogen-bond acceptors (Lipinski definition) is 5. The minimum Gasteiger partial charge on any atom is -0.396 e. The molecule has 3 amide bonds. The molecule has 2 rings (SSSR count). The number of aryl methyl sites for hydroxylation is 1. The molecule has 0 saturated carbocycles. The topological polar surface area (TPSA) is 119 Å². The van der Waals surface area contributed by atoms with Crippen LogP contribution in [0.25, 0.3) is 0 Å². The first-order chi connectivity index (χ1) is 8.47. The smallest absolute Gasteiger partial charge is 0.274 e. The van der Waals surface area contributed by atoms with E-state index >= 15 is 0 Å². The molecule has 96 valence electrons. The van der Waals surface area contributed by atoms with E-state index in [1.54, 1.807) is 7.05 Å². The van der Waals surface area contributed by atoms with E-state index < -0.39 is 17.9 Å². The molecule has 0 aliphatic carbocycles. The molecular weight excluding hydrogens is 238 g/mol. The lowest BCUT2D eigenvalue weighted by molar-refractivity contribution is -0.134. The molecule has 1 aromatic heterocycles. The monoisotopic (exact) mass is 251 g/mol. The van der Waals surface area contributed by atoms with Gasteiger partial charge in [-0.25, -0.2) is 0 Å². The molecule has 1 fully saturated rings. The number of imide groups is 1. The summed E-state index contributed by atoms with van der Waals surface area (Å²) in [5, 5.41) is 8.55. The third kappa shape index (κ3) is 2.31. The van der Waals surface area contributed by atoms with Crippen LogP contribution in [0, 0.1) is 0 Å². The van der Waals surface area contributed by atoms with Crippen LogP contribution in [0.5, 0.6) is 0 Å². The molecule has 8 heteroatoms. The zero-order valence-electron chi connectivity index (χ0n) is 9.77. The lowest BCUT2D eigenvalue weighted by Crippen LogP contribution is -2.52. The molecule has 0 radical (unpaired) electrons. The summed E-state index contributed by atoms with van der Waals surface area (Å²) in [6, 6.07) is -0.725. The van der Waals surface area contributed by atoms with Crippen molar-refractivity contribution >= 4 is 23.4 Å². The van der Waals surface area contributed by atoms with Crippen molar-refractivity contribution in [3.05, 3.63) is 11.9 Å². The van der Waals surface area contributed by atoms with Crippen molar-refractivity contribution in [3.63, 3.8) is 0 Å². The highest BCUT2D eigenvalue weighted by atomic mass is 16.2. The van der Waals surface area contributed by atoms with E-state index in [0.29, 0.717) is 0 Å². The number of anilines is 1. The molecule has 1 unspecified atom stereocenters. The molecule has 18 heavy (non-hydrogen) atoms. The van der Waals surface area contributed by atoms with Gasteiger partial charge in [-0.2, -0.15) is 5.10 Å². The first-order valence-electron chi connectivity index (χ1n) is 5.41. The number of hydrogen-bond donors (Lipinski definition) is 3. The van der Waals surface area contributed by atoms with Gasteiger partial charge in [0.05, 0.1) is 5.69 Å². The van der Waals surface area contributed by atoms with E-state index in [2.05, 4.69) is 15.7 Å². The summed E-state index contributed by atoms with van der Waals surface area (Å²) < 4.78 is 1.41. The van der Waals surface area contributed by atoms with Gasteiger partial charge in [0.1, 0.15) is 6.04 Å². The minimum absolute atomic E-state index is 0.0715. The predicted molar refractivity (Wildman–Crippen MR) is 61.3 cm³/mol. The van der Waals surface area contributed by atoms with Crippen LogP contribution in [-0.2, 0) is 16.6 Å². The third-order valence-electron chi connectivity index (χ3n) is 2.62. The van der Waals surface area contributed by atoms with Crippen molar-refractivity contribution in [1.29, 1.82) is 0 Å². The number of carbonyl (C=O) groups excluding carboxylic acids is 3. The molecule has 1 aliphatic heterocycles. The summed E-state index contributed by atoms with van der Waals surface area (Å²) in [5.74, 6) is -1.36. The highest BCUT2D eigenvalue weighted by molar-refractivity contribution is 6.04. The van der Waals surface area contributed by atoms with Crippen molar-refractivity contribution in [3.8, 4) is 0 Å². The Bertz CT molecular complexity index is 522. The van der Waals surface area contributed by atoms with Gasteiger partial charge in [0, 0.05) is 19.7 Å². The number of rotatable bonds is 2. The molecule has 0 spiro atoms. The Labute approximate surface area is 103 Å². The van der Waals surface area contributed by atoms with Gasteiger partial charge in [0.2, 0.25) is 11.8 Å². The van der Waals surface area contributed by atoms with Gasteiger partial charge in [0.25, 0.3) is 5.91 Å². The molecule has 0 aromatic carbocycles. The number of nitrogens with one attached hydrogen (secondary N) is 2. The lowest BCUT2D eigenvalue weighted by atomic mass is 10.1. The Morgan fingerprint density at radius 3 is 2.89 bits per heavy atom. The van der Waals surface area contributed by atoms with E-state index in [9.17, 15) is 14.4 Å². The first kappa shape index (κ1) is 12.1. The fraction of sp³-hybridized carbons (Fsp3) is 0.400. The van der Waals surface area contributed by atoms with Gasteiger partial charge < -0.3 is 11.1 Å². The maximum Gasteiger partial charge on any atom is 0.274 e. The Balaban J connectivity index is 2.06. The number of aromatic nitrogens is 2. The number of piperidine rings is 1. The average molecular weight is 251 g/mol. The molecule has 0 bridgehead atoms. The third-order valence-corrected chi connectivity index (χ3v) is 2.62.